The SMILES string of the molecule is CCC1(CCN(C)C)COC(=O)N1. The summed E-state index contributed by atoms with van der Waals surface area (Å²) in [6, 6.07) is 0. The van der Waals surface area contributed by atoms with Crippen molar-refractivity contribution in [2.75, 3.05) is 27.2 Å². The Hall–Kier alpha value is -0.770. The maximum atomic E-state index is 10.9. The zero-order valence-electron chi connectivity index (χ0n) is 8.59. The standard InChI is InChI=1S/C9H18N2O2/c1-4-9(5-6-11(2)3)7-13-8(12)10-9/h4-7H2,1-3H3,(H,10,12). The highest BCUT2D eigenvalue weighted by atomic mass is 16.6. The molecule has 4 nitrogen and oxygen atoms in total. The van der Waals surface area contributed by atoms with Gasteiger partial charge in [0, 0.05) is 0 Å². The molecule has 0 spiro atoms. The number of rotatable bonds is 4. The van der Waals surface area contributed by atoms with E-state index in [0.717, 1.165) is 19.4 Å². The van der Waals surface area contributed by atoms with E-state index >= 15 is 0 Å². The van der Waals surface area contributed by atoms with Gasteiger partial charge in [0.1, 0.15) is 6.61 Å². The van der Waals surface area contributed by atoms with E-state index < -0.39 is 0 Å². The molecule has 0 aromatic carbocycles. The molecule has 0 aliphatic carbocycles. The van der Waals surface area contributed by atoms with Crippen LogP contribution >= 0.6 is 0 Å². The molecule has 1 saturated heterocycles. The maximum absolute atomic E-state index is 10.9. The van der Waals surface area contributed by atoms with E-state index in [9.17, 15) is 4.79 Å². The summed E-state index contributed by atoms with van der Waals surface area (Å²) in [5, 5.41) is 2.88. The molecule has 0 bridgehead atoms. The fourth-order valence-electron chi connectivity index (χ4n) is 1.43. The summed E-state index contributed by atoms with van der Waals surface area (Å²) in [7, 11) is 4.06. The first-order valence-corrected chi connectivity index (χ1v) is 4.68. The second-order valence-corrected chi connectivity index (χ2v) is 3.89. The lowest BCUT2D eigenvalue weighted by atomic mass is 9.94. The van der Waals surface area contributed by atoms with Crippen LogP contribution in [0, 0.1) is 0 Å². The molecule has 1 aliphatic rings. The predicted molar refractivity (Wildman–Crippen MR) is 50.7 cm³/mol. The molecule has 0 radical (unpaired) electrons. The third-order valence-electron chi connectivity index (χ3n) is 2.56. The number of amides is 1. The van der Waals surface area contributed by atoms with Crippen molar-refractivity contribution in [1.82, 2.24) is 10.2 Å². The normalized spacial score (nSPS) is 27.5. The van der Waals surface area contributed by atoms with Crippen LogP contribution in [0.15, 0.2) is 0 Å². The van der Waals surface area contributed by atoms with Crippen molar-refractivity contribution in [1.29, 1.82) is 0 Å². The van der Waals surface area contributed by atoms with Gasteiger partial charge in [-0.2, -0.15) is 0 Å². The van der Waals surface area contributed by atoms with Crippen molar-refractivity contribution < 1.29 is 9.53 Å². The minimum absolute atomic E-state index is 0.124. The summed E-state index contributed by atoms with van der Waals surface area (Å²) in [5.74, 6) is 0. The number of hydrogen-bond donors (Lipinski definition) is 1. The van der Waals surface area contributed by atoms with Crippen LogP contribution in [0.2, 0.25) is 0 Å². The molecule has 1 fully saturated rings. The zero-order chi connectivity index (χ0) is 9.90. The third-order valence-corrected chi connectivity index (χ3v) is 2.56. The number of nitrogens with zero attached hydrogens (tertiary/aromatic N) is 1. The van der Waals surface area contributed by atoms with Gasteiger partial charge in [0.2, 0.25) is 0 Å². The Morgan fingerprint density at radius 3 is 2.69 bits per heavy atom. The molecule has 4 heteroatoms. The minimum atomic E-state index is -0.277. The van der Waals surface area contributed by atoms with Gasteiger partial charge < -0.3 is 15.0 Å². The van der Waals surface area contributed by atoms with Gasteiger partial charge >= 0.3 is 6.09 Å². The third kappa shape index (κ3) is 2.59. The lowest BCUT2D eigenvalue weighted by molar-refractivity contribution is 0.168. The number of carbonyl (C=O) groups is 1. The first kappa shape index (κ1) is 10.3. The Labute approximate surface area is 79.2 Å². The van der Waals surface area contributed by atoms with E-state index in [-0.39, 0.29) is 11.6 Å². The second-order valence-electron chi connectivity index (χ2n) is 3.89. The van der Waals surface area contributed by atoms with Crippen LogP contribution in [0.3, 0.4) is 0 Å². The second kappa shape index (κ2) is 3.96. The van der Waals surface area contributed by atoms with Gasteiger partial charge in [-0.3, -0.25) is 0 Å². The summed E-state index contributed by atoms with van der Waals surface area (Å²) < 4.78 is 4.92. The van der Waals surface area contributed by atoms with Gasteiger partial charge in [-0.25, -0.2) is 4.79 Å². The summed E-state index contributed by atoms with van der Waals surface area (Å²) in [6.45, 7) is 3.55. The fraction of sp³-hybridized carbons (Fsp3) is 0.889. The largest absolute Gasteiger partial charge is 0.447 e. The predicted octanol–water partition coefficient (Wildman–Crippen LogP) is 0.827. The van der Waals surface area contributed by atoms with Crippen molar-refractivity contribution in [3.63, 3.8) is 0 Å². The number of nitrogens with one attached hydrogen (secondary N) is 1. The summed E-state index contributed by atoms with van der Waals surface area (Å²) in [4.78, 5) is 13.0. The molecule has 1 unspecified atom stereocenters. The molecule has 1 rings (SSSR count). The molecule has 0 aromatic heterocycles. The summed E-state index contributed by atoms with van der Waals surface area (Å²) in [5.41, 5.74) is -0.124. The molecular weight excluding hydrogens is 168 g/mol. The van der Waals surface area contributed by atoms with E-state index in [1.54, 1.807) is 0 Å². The smallest absolute Gasteiger partial charge is 0.407 e. The lowest BCUT2D eigenvalue weighted by Gasteiger charge is -2.26. The van der Waals surface area contributed by atoms with E-state index in [1.807, 2.05) is 14.1 Å². The molecule has 13 heavy (non-hydrogen) atoms. The first-order valence-electron chi connectivity index (χ1n) is 4.68. The molecule has 0 saturated carbocycles. The van der Waals surface area contributed by atoms with Crippen LogP contribution in [-0.2, 0) is 4.74 Å². The van der Waals surface area contributed by atoms with Crippen LogP contribution in [0.25, 0.3) is 0 Å². The molecular formula is C9H18N2O2. The minimum Gasteiger partial charge on any atom is -0.447 e. The van der Waals surface area contributed by atoms with Crippen LogP contribution < -0.4 is 5.32 Å². The van der Waals surface area contributed by atoms with Crippen LogP contribution in [0.4, 0.5) is 4.79 Å². The fourth-order valence-corrected chi connectivity index (χ4v) is 1.43. The molecule has 76 valence electrons. The summed E-state index contributed by atoms with van der Waals surface area (Å²) >= 11 is 0. The molecule has 1 aliphatic heterocycles. The van der Waals surface area contributed by atoms with Gasteiger partial charge in [-0.05, 0) is 33.5 Å². The van der Waals surface area contributed by atoms with Crippen molar-refractivity contribution in [3.8, 4) is 0 Å². The van der Waals surface area contributed by atoms with Crippen molar-refractivity contribution in [3.05, 3.63) is 0 Å². The van der Waals surface area contributed by atoms with Crippen LogP contribution in [0.5, 0.6) is 0 Å². The van der Waals surface area contributed by atoms with E-state index in [0.29, 0.717) is 6.61 Å². The molecule has 0 aromatic rings. The Morgan fingerprint density at radius 1 is 1.62 bits per heavy atom. The highest BCUT2D eigenvalue weighted by Crippen LogP contribution is 2.21. The van der Waals surface area contributed by atoms with Gasteiger partial charge in [0.05, 0.1) is 5.54 Å². The monoisotopic (exact) mass is 186 g/mol. The van der Waals surface area contributed by atoms with Gasteiger partial charge in [0.15, 0.2) is 0 Å². The number of hydrogen-bond acceptors (Lipinski definition) is 3. The average molecular weight is 186 g/mol. The van der Waals surface area contributed by atoms with Gasteiger partial charge in [-0.15, -0.1) is 0 Å². The van der Waals surface area contributed by atoms with E-state index in [1.165, 1.54) is 0 Å². The Kier molecular flexibility index (Phi) is 3.14. The number of carbonyl (C=O) groups excluding carboxylic acids is 1. The van der Waals surface area contributed by atoms with Gasteiger partial charge in [-0.1, -0.05) is 6.92 Å². The highest BCUT2D eigenvalue weighted by Gasteiger charge is 2.37. The Balaban J connectivity index is 2.46. The van der Waals surface area contributed by atoms with E-state index in [2.05, 4.69) is 17.1 Å². The van der Waals surface area contributed by atoms with Crippen molar-refractivity contribution >= 4 is 6.09 Å². The van der Waals surface area contributed by atoms with Crippen molar-refractivity contribution in [2.24, 2.45) is 0 Å². The quantitative estimate of drug-likeness (QED) is 0.707. The molecule has 1 heterocycles. The van der Waals surface area contributed by atoms with Crippen LogP contribution in [-0.4, -0.2) is 43.8 Å². The highest BCUT2D eigenvalue weighted by molar-refractivity contribution is 5.70. The Bertz CT molecular complexity index is 194. The summed E-state index contributed by atoms with van der Waals surface area (Å²) in [6.07, 6.45) is 1.59. The first-order chi connectivity index (χ1) is 6.08. The van der Waals surface area contributed by atoms with Crippen molar-refractivity contribution in [2.45, 2.75) is 25.3 Å². The molecule has 1 atom stereocenters. The number of alkyl carbamates (subject to hydrolysis) is 1. The molecule has 1 amide bonds. The topological polar surface area (TPSA) is 41.6 Å². The number of ether oxygens (including phenoxy) is 1. The Morgan fingerprint density at radius 2 is 2.31 bits per heavy atom. The average Bonchev–Trinajstić information content (AvgIpc) is 2.45. The maximum Gasteiger partial charge on any atom is 0.407 e. The zero-order valence-corrected chi connectivity index (χ0v) is 8.59. The van der Waals surface area contributed by atoms with E-state index in [4.69, 9.17) is 4.74 Å². The lowest BCUT2D eigenvalue weighted by Crippen LogP contribution is -2.44. The number of cyclic esters (lactones) is 1. The van der Waals surface area contributed by atoms with Crippen LogP contribution in [0.1, 0.15) is 19.8 Å². The van der Waals surface area contributed by atoms with Gasteiger partial charge in [0.25, 0.3) is 0 Å². The molecule has 1 N–H and O–H groups in total.